The molecule has 0 aliphatic rings. The van der Waals surface area contributed by atoms with Crippen LogP contribution in [0.5, 0.6) is 5.75 Å². The average molecular weight is 370 g/mol. The van der Waals surface area contributed by atoms with Gasteiger partial charge in [0, 0.05) is 16.0 Å². The Morgan fingerprint density at radius 1 is 1.19 bits per heavy atom. The Morgan fingerprint density at radius 3 is 2.38 bits per heavy atom. The van der Waals surface area contributed by atoms with Crippen molar-refractivity contribution in [3.05, 3.63) is 63.1 Å². The van der Waals surface area contributed by atoms with Gasteiger partial charge in [-0.15, -0.1) is 0 Å². The van der Waals surface area contributed by atoms with E-state index in [-0.39, 0.29) is 0 Å². The van der Waals surface area contributed by atoms with Gasteiger partial charge in [-0.3, -0.25) is 0 Å². The van der Waals surface area contributed by atoms with E-state index in [0.717, 1.165) is 10.0 Å². The number of methoxy groups -OCH3 is 1. The van der Waals surface area contributed by atoms with Crippen LogP contribution < -0.4 is 4.74 Å². The molecule has 0 amide bonds. The molecule has 0 heterocycles. The number of ether oxygens (including phenoxy) is 1. The highest BCUT2D eigenvalue weighted by Gasteiger charge is 2.33. The fraction of sp³-hybridized carbons (Fsp3) is 0.294. The van der Waals surface area contributed by atoms with Gasteiger partial charge in [-0.25, -0.2) is 0 Å². The van der Waals surface area contributed by atoms with Gasteiger partial charge in [0.15, 0.2) is 0 Å². The van der Waals surface area contributed by atoms with Crippen LogP contribution in [0, 0.1) is 0 Å². The monoisotopic (exact) mass is 368 g/mol. The van der Waals surface area contributed by atoms with Gasteiger partial charge < -0.3 is 9.84 Å². The smallest absolute Gasteiger partial charge is 0.138 e. The van der Waals surface area contributed by atoms with E-state index in [9.17, 15) is 5.11 Å². The highest BCUT2D eigenvalue weighted by Crippen LogP contribution is 2.43. The first kappa shape index (κ1) is 16.3. The molecule has 0 fully saturated rings. The minimum atomic E-state index is -0.746. The van der Waals surface area contributed by atoms with Crippen molar-refractivity contribution in [2.24, 2.45) is 0 Å². The first-order chi connectivity index (χ1) is 9.87. The number of aliphatic hydroxyl groups excluding tert-OH is 1. The highest BCUT2D eigenvalue weighted by atomic mass is 79.9. The Kier molecular flexibility index (Phi) is 4.97. The molecule has 0 aliphatic carbocycles. The maximum atomic E-state index is 10.9. The summed E-state index contributed by atoms with van der Waals surface area (Å²) in [5.41, 5.74) is 1.25. The van der Waals surface area contributed by atoms with Crippen molar-refractivity contribution in [1.29, 1.82) is 0 Å². The van der Waals surface area contributed by atoms with E-state index in [4.69, 9.17) is 16.3 Å². The van der Waals surface area contributed by atoms with Gasteiger partial charge in [0.05, 0.1) is 17.7 Å². The van der Waals surface area contributed by atoms with E-state index >= 15 is 0 Å². The van der Waals surface area contributed by atoms with Gasteiger partial charge in [-0.1, -0.05) is 55.8 Å². The van der Waals surface area contributed by atoms with E-state index < -0.39 is 11.5 Å². The summed E-state index contributed by atoms with van der Waals surface area (Å²) >= 11 is 9.55. The molecular weight excluding hydrogens is 352 g/mol. The zero-order valence-corrected chi connectivity index (χ0v) is 14.6. The van der Waals surface area contributed by atoms with E-state index in [1.54, 1.807) is 19.2 Å². The molecule has 0 saturated carbocycles. The summed E-state index contributed by atoms with van der Waals surface area (Å²) in [6, 6.07) is 13.4. The topological polar surface area (TPSA) is 29.5 Å². The summed E-state index contributed by atoms with van der Waals surface area (Å²) in [5.74, 6) is 0.607. The van der Waals surface area contributed by atoms with Gasteiger partial charge in [0.25, 0.3) is 0 Å². The molecule has 21 heavy (non-hydrogen) atoms. The molecule has 2 rings (SSSR count). The summed E-state index contributed by atoms with van der Waals surface area (Å²) < 4.78 is 6.15. The van der Waals surface area contributed by atoms with Gasteiger partial charge in [-0.05, 0) is 33.6 Å². The zero-order valence-electron chi connectivity index (χ0n) is 12.2. The molecule has 0 aliphatic heterocycles. The zero-order chi connectivity index (χ0) is 15.6. The summed E-state index contributed by atoms with van der Waals surface area (Å²) in [4.78, 5) is 0. The molecule has 2 aromatic rings. The van der Waals surface area contributed by atoms with E-state index in [1.165, 1.54) is 0 Å². The highest BCUT2D eigenvalue weighted by molar-refractivity contribution is 9.10. The fourth-order valence-corrected chi connectivity index (χ4v) is 3.41. The van der Waals surface area contributed by atoms with Crippen molar-refractivity contribution < 1.29 is 9.84 Å². The van der Waals surface area contributed by atoms with Gasteiger partial charge >= 0.3 is 0 Å². The lowest BCUT2D eigenvalue weighted by molar-refractivity contribution is 0.0973. The molecule has 2 nitrogen and oxygen atoms in total. The van der Waals surface area contributed by atoms with Crippen LogP contribution in [-0.4, -0.2) is 12.2 Å². The number of rotatable bonds is 4. The van der Waals surface area contributed by atoms with Crippen LogP contribution in [-0.2, 0) is 5.41 Å². The van der Waals surface area contributed by atoms with Gasteiger partial charge in [-0.2, -0.15) is 0 Å². The minimum absolute atomic E-state index is 0.474. The molecule has 0 radical (unpaired) electrons. The molecule has 0 bridgehead atoms. The Morgan fingerprint density at radius 2 is 1.81 bits per heavy atom. The normalized spacial score (nSPS) is 13.0. The largest absolute Gasteiger partial charge is 0.495 e. The van der Waals surface area contributed by atoms with E-state index in [1.807, 2.05) is 44.2 Å². The number of halogens is 2. The quantitative estimate of drug-likeness (QED) is 0.810. The maximum Gasteiger partial charge on any atom is 0.138 e. The molecular formula is C17H18BrClO2. The van der Waals surface area contributed by atoms with Crippen LogP contribution in [0.3, 0.4) is 0 Å². The van der Waals surface area contributed by atoms with Crippen LogP contribution in [0.15, 0.2) is 46.9 Å². The summed E-state index contributed by atoms with van der Waals surface area (Å²) in [7, 11) is 1.58. The van der Waals surface area contributed by atoms with Crippen LogP contribution in [0.1, 0.15) is 31.1 Å². The first-order valence-electron chi connectivity index (χ1n) is 6.64. The lowest BCUT2D eigenvalue weighted by Crippen LogP contribution is -2.27. The molecule has 4 heteroatoms. The maximum absolute atomic E-state index is 10.9. The lowest BCUT2D eigenvalue weighted by Gasteiger charge is -2.32. The van der Waals surface area contributed by atoms with Crippen molar-refractivity contribution in [2.75, 3.05) is 7.11 Å². The molecule has 1 N–H and O–H groups in total. The van der Waals surface area contributed by atoms with Gasteiger partial charge in [0.1, 0.15) is 5.75 Å². The predicted molar refractivity (Wildman–Crippen MR) is 90.1 cm³/mol. The summed E-state index contributed by atoms with van der Waals surface area (Å²) in [6.45, 7) is 4.00. The summed E-state index contributed by atoms with van der Waals surface area (Å²) in [5, 5.41) is 11.5. The standard InChI is InChI=1S/C17H18BrClO2/c1-17(2,11-7-5-4-6-8-11)16(20)13-9-12(19)10-14(18)15(13)21-3/h4-10,16,20H,1-3H3. The number of hydrogen-bond donors (Lipinski definition) is 1. The van der Waals surface area contributed by atoms with Crippen LogP contribution in [0.25, 0.3) is 0 Å². The Labute approximate surface area is 138 Å². The molecule has 112 valence electrons. The number of aliphatic hydroxyl groups is 1. The lowest BCUT2D eigenvalue weighted by atomic mass is 9.76. The number of hydrogen-bond acceptors (Lipinski definition) is 2. The Hall–Kier alpha value is -1.03. The molecule has 2 aromatic carbocycles. The first-order valence-corrected chi connectivity index (χ1v) is 7.81. The second-order valence-electron chi connectivity index (χ2n) is 5.50. The SMILES string of the molecule is COc1c(Br)cc(Cl)cc1C(O)C(C)(C)c1ccccc1. The van der Waals surface area contributed by atoms with Crippen molar-refractivity contribution in [3.63, 3.8) is 0 Å². The van der Waals surface area contributed by atoms with Crippen molar-refractivity contribution in [3.8, 4) is 5.75 Å². The van der Waals surface area contributed by atoms with E-state index in [0.29, 0.717) is 16.3 Å². The van der Waals surface area contributed by atoms with E-state index in [2.05, 4.69) is 15.9 Å². The number of benzene rings is 2. The summed E-state index contributed by atoms with van der Waals surface area (Å²) in [6.07, 6.45) is -0.746. The van der Waals surface area contributed by atoms with Crippen molar-refractivity contribution in [2.45, 2.75) is 25.4 Å². The third-order valence-electron chi connectivity index (χ3n) is 3.74. The van der Waals surface area contributed by atoms with Crippen LogP contribution in [0.4, 0.5) is 0 Å². The second kappa shape index (κ2) is 6.39. The second-order valence-corrected chi connectivity index (χ2v) is 6.79. The molecule has 0 saturated heterocycles. The molecule has 0 aromatic heterocycles. The van der Waals surface area contributed by atoms with Gasteiger partial charge in [0.2, 0.25) is 0 Å². The average Bonchev–Trinajstić information content (AvgIpc) is 2.46. The third-order valence-corrected chi connectivity index (χ3v) is 4.54. The molecule has 1 unspecified atom stereocenters. The van der Waals surface area contributed by atoms with Crippen LogP contribution in [0.2, 0.25) is 5.02 Å². The molecule has 1 atom stereocenters. The van der Waals surface area contributed by atoms with Crippen molar-refractivity contribution >= 4 is 27.5 Å². The Balaban J connectivity index is 2.51. The third kappa shape index (κ3) is 3.25. The fourth-order valence-electron chi connectivity index (χ4n) is 2.41. The minimum Gasteiger partial charge on any atom is -0.495 e. The Bertz CT molecular complexity index is 626. The molecule has 0 spiro atoms. The van der Waals surface area contributed by atoms with Crippen molar-refractivity contribution in [1.82, 2.24) is 0 Å². The predicted octanol–water partition coefficient (Wildman–Crippen LogP) is 5.12. The van der Waals surface area contributed by atoms with Crippen LogP contribution >= 0.6 is 27.5 Å².